The molecule has 0 saturated carbocycles. The molecule has 0 N–H and O–H groups in total. The van der Waals surface area contributed by atoms with Gasteiger partial charge in [0.1, 0.15) is 0 Å². The second-order valence-electron chi connectivity index (χ2n) is 6.38. The molecule has 152 valence electrons. The fourth-order valence-electron chi connectivity index (χ4n) is 2.83. The molecule has 0 aliphatic rings. The number of rotatable bonds is 9. The van der Waals surface area contributed by atoms with E-state index >= 15 is 0 Å². The van der Waals surface area contributed by atoms with Gasteiger partial charge in [-0.15, -0.1) is 10.2 Å². The number of aromatic nitrogens is 3. The lowest BCUT2D eigenvalue weighted by Crippen LogP contribution is -2.09. The Morgan fingerprint density at radius 2 is 2.00 bits per heavy atom. The summed E-state index contributed by atoms with van der Waals surface area (Å²) in [5, 5.41) is 9.19. The van der Waals surface area contributed by atoms with E-state index in [4.69, 9.17) is 9.47 Å². The minimum absolute atomic E-state index is 0.108. The molecule has 0 saturated heterocycles. The van der Waals surface area contributed by atoms with E-state index in [0.717, 1.165) is 17.0 Å². The van der Waals surface area contributed by atoms with Crippen molar-refractivity contribution in [2.45, 2.75) is 18.6 Å². The van der Waals surface area contributed by atoms with Crippen molar-refractivity contribution in [2.75, 3.05) is 26.6 Å². The Labute approximate surface area is 173 Å². The van der Waals surface area contributed by atoms with Crippen molar-refractivity contribution in [1.29, 1.82) is 0 Å². The van der Waals surface area contributed by atoms with Crippen molar-refractivity contribution in [3.05, 3.63) is 59.4 Å². The van der Waals surface area contributed by atoms with Crippen LogP contribution in [-0.2, 0) is 11.3 Å². The smallest absolute Gasteiger partial charge is 0.192 e. The first-order chi connectivity index (χ1) is 14.0. The first kappa shape index (κ1) is 21.0. The van der Waals surface area contributed by atoms with Gasteiger partial charge in [-0.1, -0.05) is 35.5 Å². The van der Waals surface area contributed by atoms with Gasteiger partial charge in [-0.05, 0) is 31.2 Å². The van der Waals surface area contributed by atoms with Crippen molar-refractivity contribution in [3.63, 3.8) is 0 Å². The molecule has 3 rings (SSSR count). The van der Waals surface area contributed by atoms with Crippen LogP contribution in [0.15, 0.2) is 47.6 Å². The van der Waals surface area contributed by atoms with Gasteiger partial charge >= 0.3 is 0 Å². The molecule has 0 spiro atoms. The molecule has 1 heterocycles. The number of benzene rings is 2. The largest absolute Gasteiger partial charge is 0.494 e. The fourth-order valence-corrected chi connectivity index (χ4v) is 3.69. The molecule has 2 aromatic carbocycles. The van der Waals surface area contributed by atoms with Crippen molar-refractivity contribution < 1.29 is 18.7 Å². The van der Waals surface area contributed by atoms with Gasteiger partial charge in [-0.3, -0.25) is 9.36 Å². The van der Waals surface area contributed by atoms with Gasteiger partial charge in [0.05, 0.1) is 26.0 Å². The number of Topliss-reactive ketones (excluding diaryl/α,β-unsaturated/α-hetero) is 1. The quantitative estimate of drug-likeness (QED) is 0.388. The molecule has 0 aliphatic heterocycles. The number of aryl methyl sites for hydroxylation is 1. The van der Waals surface area contributed by atoms with Crippen LogP contribution >= 0.6 is 11.8 Å². The van der Waals surface area contributed by atoms with E-state index in [-0.39, 0.29) is 22.8 Å². The summed E-state index contributed by atoms with van der Waals surface area (Å²) in [5.41, 5.74) is 2.36. The minimum Gasteiger partial charge on any atom is -0.494 e. The Morgan fingerprint density at radius 1 is 1.17 bits per heavy atom. The summed E-state index contributed by atoms with van der Waals surface area (Å²) in [6.07, 6.45) is 0. The average Bonchev–Trinajstić information content (AvgIpc) is 3.13. The maximum absolute atomic E-state index is 13.9. The van der Waals surface area contributed by atoms with Crippen molar-refractivity contribution >= 4 is 17.5 Å². The fraction of sp³-hybridized carbons (Fsp3) is 0.286. The zero-order chi connectivity index (χ0) is 20.8. The monoisotopic (exact) mass is 415 g/mol. The maximum Gasteiger partial charge on any atom is 0.192 e. The first-order valence-electron chi connectivity index (χ1n) is 9.02. The minimum atomic E-state index is -0.562. The average molecular weight is 415 g/mol. The standard InChI is InChI=1S/C21H22FN3O3S/c1-14-5-4-6-16(11-14)20-23-24-21(25(20)9-10-27-2)29-13-18(26)15-7-8-19(28-3)17(22)12-15/h4-8,11-12H,9-10,13H2,1-3H3. The van der Waals surface area contributed by atoms with E-state index < -0.39 is 5.82 Å². The maximum atomic E-state index is 13.9. The molecule has 8 heteroatoms. The predicted molar refractivity (Wildman–Crippen MR) is 110 cm³/mol. The summed E-state index contributed by atoms with van der Waals surface area (Å²) in [4.78, 5) is 12.5. The molecule has 3 aromatic rings. The third-order valence-electron chi connectivity index (χ3n) is 4.32. The van der Waals surface area contributed by atoms with Crippen LogP contribution in [0.25, 0.3) is 11.4 Å². The van der Waals surface area contributed by atoms with Crippen LogP contribution in [0.3, 0.4) is 0 Å². The number of carbonyl (C=O) groups excluding carboxylic acids is 1. The van der Waals surface area contributed by atoms with E-state index in [9.17, 15) is 9.18 Å². The number of ether oxygens (including phenoxy) is 2. The molecule has 0 fully saturated rings. The molecule has 0 aliphatic carbocycles. The highest BCUT2D eigenvalue weighted by Gasteiger charge is 2.17. The van der Waals surface area contributed by atoms with E-state index in [1.807, 2.05) is 35.8 Å². The topological polar surface area (TPSA) is 66.2 Å². The van der Waals surface area contributed by atoms with Crippen LogP contribution in [0, 0.1) is 12.7 Å². The molecule has 0 atom stereocenters. The zero-order valence-corrected chi connectivity index (χ0v) is 17.3. The normalized spacial score (nSPS) is 10.9. The predicted octanol–water partition coefficient (Wildman–Crippen LogP) is 4.02. The number of hydrogen-bond acceptors (Lipinski definition) is 6. The van der Waals surface area contributed by atoms with E-state index in [1.165, 1.54) is 31.0 Å². The van der Waals surface area contributed by atoms with E-state index in [1.54, 1.807) is 13.2 Å². The number of halogens is 1. The lowest BCUT2D eigenvalue weighted by molar-refractivity contribution is 0.102. The van der Waals surface area contributed by atoms with Crippen LogP contribution in [0.2, 0.25) is 0 Å². The lowest BCUT2D eigenvalue weighted by Gasteiger charge is -2.10. The van der Waals surface area contributed by atoms with Gasteiger partial charge in [0.25, 0.3) is 0 Å². The van der Waals surface area contributed by atoms with Crippen molar-refractivity contribution in [2.24, 2.45) is 0 Å². The third kappa shape index (κ3) is 5.02. The van der Waals surface area contributed by atoms with E-state index in [0.29, 0.717) is 18.3 Å². The number of nitrogens with zero attached hydrogens (tertiary/aromatic N) is 3. The summed E-state index contributed by atoms with van der Waals surface area (Å²) in [7, 11) is 3.01. The molecule has 29 heavy (non-hydrogen) atoms. The van der Waals surface area contributed by atoms with Crippen LogP contribution in [-0.4, -0.2) is 47.1 Å². The van der Waals surface area contributed by atoms with Crippen molar-refractivity contribution in [1.82, 2.24) is 14.8 Å². The second-order valence-corrected chi connectivity index (χ2v) is 7.32. The number of carbonyl (C=O) groups is 1. The van der Waals surface area contributed by atoms with Gasteiger partial charge in [-0.2, -0.15) is 0 Å². The summed E-state index contributed by atoms with van der Waals surface area (Å²) in [6, 6.07) is 12.2. The Hall–Kier alpha value is -2.71. The van der Waals surface area contributed by atoms with Crippen LogP contribution < -0.4 is 4.74 Å². The van der Waals surface area contributed by atoms with Crippen LogP contribution in [0.1, 0.15) is 15.9 Å². The highest BCUT2D eigenvalue weighted by atomic mass is 32.2. The van der Waals surface area contributed by atoms with Crippen LogP contribution in [0.5, 0.6) is 5.75 Å². The Morgan fingerprint density at radius 3 is 2.69 bits per heavy atom. The number of ketones is 1. The molecular weight excluding hydrogens is 393 g/mol. The molecule has 0 radical (unpaired) electrons. The lowest BCUT2D eigenvalue weighted by atomic mass is 10.1. The Balaban J connectivity index is 1.79. The molecule has 0 bridgehead atoms. The number of methoxy groups -OCH3 is 2. The molecule has 0 amide bonds. The van der Waals surface area contributed by atoms with E-state index in [2.05, 4.69) is 10.2 Å². The zero-order valence-electron chi connectivity index (χ0n) is 16.5. The first-order valence-corrected chi connectivity index (χ1v) is 10.0. The summed E-state index contributed by atoms with van der Waals surface area (Å²) in [5.74, 6) is 0.181. The van der Waals surface area contributed by atoms with Gasteiger partial charge in [0, 0.05) is 18.2 Å². The summed E-state index contributed by atoms with van der Waals surface area (Å²) in [6.45, 7) is 3.06. The van der Waals surface area contributed by atoms with Gasteiger partial charge < -0.3 is 9.47 Å². The number of thioether (sulfide) groups is 1. The molecule has 1 aromatic heterocycles. The summed E-state index contributed by atoms with van der Waals surface area (Å²) < 4.78 is 25.9. The third-order valence-corrected chi connectivity index (χ3v) is 5.29. The highest BCUT2D eigenvalue weighted by molar-refractivity contribution is 7.99. The van der Waals surface area contributed by atoms with Gasteiger partial charge in [0.15, 0.2) is 28.3 Å². The Kier molecular flexibility index (Phi) is 7.00. The van der Waals surface area contributed by atoms with Gasteiger partial charge in [-0.25, -0.2) is 4.39 Å². The molecule has 0 unspecified atom stereocenters. The van der Waals surface area contributed by atoms with Gasteiger partial charge in [0.2, 0.25) is 0 Å². The Bertz CT molecular complexity index is 1010. The molecular formula is C21H22FN3O3S. The molecule has 6 nitrogen and oxygen atoms in total. The van der Waals surface area contributed by atoms with Crippen LogP contribution in [0.4, 0.5) is 4.39 Å². The second kappa shape index (κ2) is 9.67. The highest BCUT2D eigenvalue weighted by Crippen LogP contribution is 2.26. The van der Waals surface area contributed by atoms with Crippen molar-refractivity contribution in [3.8, 4) is 17.1 Å². The SMILES string of the molecule is COCCn1c(SCC(=O)c2ccc(OC)c(F)c2)nnc1-c1cccc(C)c1. The number of hydrogen-bond donors (Lipinski definition) is 0. The summed E-state index contributed by atoms with van der Waals surface area (Å²) >= 11 is 1.27.